The number of nitrogens with one attached hydrogen (secondary N) is 1. The van der Waals surface area contributed by atoms with Gasteiger partial charge in [0.1, 0.15) is 11.0 Å². The van der Waals surface area contributed by atoms with Crippen LogP contribution >= 0.6 is 35.0 Å². The number of amidine groups is 1. The molecular weight excluding hydrogens is 485 g/mol. The Bertz CT molecular complexity index is 1020. The number of carbonyl (C=O) groups is 2. The highest BCUT2D eigenvalue weighted by Gasteiger charge is 2.38. The highest BCUT2D eigenvalue weighted by molar-refractivity contribution is 8.15. The molecule has 1 aliphatic heterocycles. The minimum atomic E-state index is -0.591. The summed E-state index contributed by atoms with van der Waals surface area (Å²) in [6.45, 7) is 5.00. The number of phenols is 1. The van der Waals surface area contributed by atoms with Gasteiger partial charge in [0.2, 0.25) is 11.8 Å². The maximum absolute atomic E-state index is 13.0. The lowest BCUT2D eigenvalue weighted by molar-refractivity contribution is -0.128. The third kappa shape index (κ3) is 6.56. The highest BCUT2D eigenvalue weighted by Crippen LogP contribution is 2.38. The van der Waals surface area contributed by atoms with Gasteiger partial charge in [0, 0.05) is 18.7 Å². The predicted molar refractivity (Wildman–Crippen MR) is 134 cm³/mol. The van der Waals surface area contributed by atoms with Crippen LogP contribution < -0.4 is 10.1 Å². The number of unbranched alkanes of at least 4 members (excludes halogenated alkanes) is 1. The van der Waals surface area contributed by atoms with Gasteiger partial charge >= 0.3 is 0 Å². The Labute approximate surface area is 207 Å². The molecule has 0 spiro atoms. The number of aromatic hydroxyl groups is 1. The number of carbonyl (C=O) groups excluding carboxylic acids is 2. The number of hydrogen-bond donors (Lipinski definition) is 2. The Balaban J connectivity index is 1.73. The molecule has 1 saturated heterocycles. The molecule has 0 bridgehead atoms. The number of ether oxygens (including phenoxy) is 1. The van der Waals surface area contributed by atoms with E-state index in [-0.39, 0.29) is 34.0 Å². The highest BCUT2D eigenvalue weighted by atomic mass is 35.5. The van der Waals surface area contributed by atoms with E-state index in [0.717, 1.165) is 18.6 Å². The molecule has 2 aromatic rings. The Hall–Kier alpha value is -2.42. The Morgan fingerprint density at radius 1 is 1.21 bits per heavy atom. The summed E-state index contributed by atoms with van der Waals surface area (Å²) in [4.78, 5) is 31.8. The lowest BCUT2D eigenvalue weighted by Crippen LogP contribution is -2.34. The van der Waals surface area contributed by atoms with E-state index in [2.05, 4.69) is 10.3 Å². The number of amides is 2. The number of benzene rings is 2. The summed E-state index contributed by atoms with van der Waals surface area (Å²) in [5, 5.41) is 12.6. The van der Waals surface area contributed by atoms with E-state index < -0.39 is 5.25 Å². The van der Waals surface area contributed by atoms with Crippen LogP contribution in [0.25, 0.3) is 0 Å². The maximum Gasteiger partial charge on any atom is 0.242 e. The first kappa shape index (κ1) is 25.2. The summed E-state index contributed by atoms with van der Waals surface area (Å²) < 4.78 is 5.40. The Morgan fingerprint density at radius 3 is 2.48 bits per heavy atom. The molecule has 1 heterocycles. The molecule has 0 radical (unpaired) electrons. The molecule has 10 heteroatoms. The van der Waals surface area contributed by atoms with Crippen molar-refractivity contribution in [3.8, 4) is 11.5 Å². The second-order valence-electron chi connectivity index (χ2n) is 7.31. The zero-order chi connectivity index (χ0) is 24.0. The zero-order valence-corrected chi connectivity index (χ0v) is 20.6. The fourth-order valence-corrected chi connectivity index (χ4v) is 4.82. The van der Waals surface area contributed by atoms with Crippen molar-refractivity contribution >= 4 is 63.3 Å². The van der Waals surface area contributed by atoms with Crippen molar-refractivity contribution in [1.29, 1.82) is 0 Å². The van der Waals surface area contributed by atoms with E-state index in [4.69, 9.17) is 27.9 Å². The first-order chi connectivity index (χ1) is 15.8. The second kappa shape index (κ2) is 11.6. The molecule has 7 nitrogen and oxygen atoms in total. The van der Waals surface area contributed by atoms with Gasteiger partial charge in [-0.3, -0.25) is 14.5 Å². The monoisotopic (exact) mass is 509 g/mol. The molecule has 1 atom stereocenters. The van der Waals surface area contributed by atoms with Gasteiger partial charge in [-0.15, -0.1) is 0 Å². The number of rotatable bonds is 9. The first-order valence-electron chi connectivity index (χ1n) is 10.6. The van der Waals surface area contributed by atoms with Gasteiger partial charge in [0.25, 0.3) is 0 Å². The van der Waals surface area contributed by atoms with E-state index in [1.54, 1.807) is 29.2 Å². The first-order valence-corrected chi connectivity index (χ1v) is 12.2. The maximum atomic E-state index is 13.0. The summed E-state index contributed by atoms with van der Waals surface area (Å²) in [5.74, 6) is 0.0745. The van der Waals surface area contributed by atoms with Gasteiger partial charge < -0.3 is 15.2 Å². The summed E-state index contributed by atoms with van der Waals surface area (Å²) in [7, 11) is 0. The number of nitrogens with zero attached hydrogens (tertiary/aromatic N) is 2. The van der Waals surface area contributed by atoms with E-state index >= 15 is 0 Å². The molecule has 2 aromatic carbocycles. The number of hydrogen-bond acceptors (Lipinski definition) is 6. The molecule has 2 amide bonds. The van der Waals surface area contributed by atoms with Gasteiger partial charge in [0.15, 0.2) is 10.9 Å². The van der Waals surface area contributed by atoms with Crippen LogP contribution in [-0.4, -0.2) is 45.4 Å². The van der Waals surface area contributed by atoms with Crippen molar-refractivity contribution in [3.05, 3.63) is 46.4 Å². The van der Waals surface area contributed by atoms with Crippen LogP contribution in [0.4, 0.5) is 11.4 Å². The minimum Gasteiger partial charge on any atom is -0.505 e. The van der Waals surface area contributed by atoms with Gasteiger partial charge in [-0.25, -0.2) is 4.99 Å². The fraction of sp³-hybridized carbons (Fsp3) is 0.348. The summed E-state index contributed by atoms with van der Waals surface area (Å²) in [5.41, 5.74) is 1.04. The Kier molecular flexibility index (Phi) is 8.88. The van der Waals surface area contributed by atoms with Gasteiger partial charge in [-0.05, 0) is 49.7 Å². The third-order valence-electron chi connectivity index (χ3n) is 4.80. The number of halogens is 2. The average Bonchev–Trinajstić information content (AvgIpc) is 3.05. The van der Waals surface area contributed by atoms with E-state index in [0.29, 0.717) is 29.7 Å². The number of aliphatic imine (C=N–C) groups is 1. The van der Waals surface area contributed by atoms with Gasteiger partial charge in [-0.2, -0.15) is 0 Å². The van der Waals surface area contributed by atoms with Crippen molar-refractivity contribution in [2.75, 3.05) is 18.5 Å². The van der Waals surface area contributed by atoms with Crippen LogP contribution in [0, 0.1) is 0 Å². The number of thioether (sulfide) groups is 1. The van der Waals surface area contributed by atoms with Crippen molar-refractivity contribution < 1.29 is 19.4 Å². The number of anilines is 1. The van der Waals surface area contributed by atoms with Crippen molar-refractivity contribution in [3.63, 3.8) is 0 Å². The summed E-state index contributed by atoms with van der Waals surface area (Å²) >= 11 is 13.2. The normalized spacial score (nSPS) is 17.0. The largest absolute Gasteiger partial charge is 0.505 e. The molecule has 0 saturated carbocycles. The molecule has 0 aromatic heterocycles. The smallest absolute Gasteiger partial charge is 0.242 e. The Morgan fingerprint density at radius 2 is 1.88 bits per heavy atom. The summed E-state index contributed by atoms with van der Waals surface area (Å²) in [6, 6.07) is 10.0. The van der Waals surface area contributed by atoms with Crippen LogP contribution in [-0.2, 0) is 9.59 Å². The fourth-order valence-electron chi connectivity index (χ4n) is 3.16. The molecule has 1 aliphatic rings. The van der Waals surface area contributed by atoms with Crippen molar-refractivity contribution in [2.45, 2.75) is 38.4 Å². The van der Waals surface area contributed by atoms with E-state index in [1.807, 2.05) is 13.8 Å². The topological polar surface area (TPSA) is 91.2 Å². The van der Waals surface area contributed by atoms with Crippen LogP contribution in [0.15, 0.2) is 41.4 Å². The van der Waals surface area contributed by atoms with Crippen LogP contribution in [0.3, 0.4) is 0 Å². The molecule has 33 heavy (non-hydrogen) atoms. The predicted octanol–water partition coefficient (Wildman–Crippen LogP) is 5.86. The lowest BCUT2D eigenvalue weighted by Gasteiger charge is -2.16. The molecule has 0 unspecified atom stereocenters. The van der Waals surface area contributed by atoms with Crippen LogP contribution in [0.2, 0.25) is 10.0 Å². The standard InChI is InChI=1S/C23H25Cl2N3O4S/c1-3-5-10-28-22(31)19(13-20(29)26-14-6-8-16(9-7-14)32-4-2)33-23(28)27-15-11-17(24)21(30)18(25)12-15/h6-9,11-12,19,30H,3-5,10,13H2,1-2H3,(H,26,29)/t19-/m0/s1. The second-order valence-corrected chi connectivity index (χ2v) is 9.30. The minimum absolute atomic E-state index is 0.00937. The molecule has 3 rings (SSSR count). The lowest BCUT2D eigenvalue weighted by atomic mass is 10.2. The van der Waals surface area contributed by atoms with Crippen molar-refractivity contribution in [2.24, 2.45) is 4.99 Å². The molecule has 0 aliphatic carbocycles. The average molecular weight is 510 g/mol. The quantitative estimate of drug-likeness (QED) is 0.441. The molecule has 2 N–H and O–H groups in total. The molecule has 176 valence electrons. The van der Waals surface area contributed by atoms with Crippen molar-refractivity contribution in [1.82, 2.24) is 4.90 Å². The van der Waals surface area contributed by atoms with Gasteiger partial charge in [-0.1, -0.05) is 48.3 Å². The molecule has 1 fully saturated rings. The van der Waals surface area contributed by atoms with Crippen LogP contribution in [0.5, 0.6) is 11.5 Å². The van der Waals surface area contributed by atoms with Crippen LogP contribution in [0.1, 0.15) is 33.1 Å². The summed E-state index contributed by atoms with van der Waals surface area (Å²) in [6.07, 6.45) is 1.71. The third-order valence-corrected chi connectivity index (χ3v) is 6.55. The van der Waals surface area contributed by atoms with Gasteiger partial charge in [0.05, 0.1) is 22.3 Å². The SMILES string of the molecule is CCCCN1C(=O)[C@H](CC(=O)Nc2ccc(OCC)cc2)SC1=Nc1cc(Cl)c(O)c(Cl)c1. The van der Waals surface area contributed by atoms with E-state index in [9.17, 15) is 14.7 Å². The zero-order valence-electron chi connectivity index (χ0n) is 18.3. The number of phenolic OH excluding ortho intramolecular Hbond substituents is 1. The van der Waals surface area contributed by atoms with E-state index in [1.165, 1.54) is 23.9 Å². The molecular formula is C23H25Cl2N3O4S.